The monoisotopic (exact) mass is 273 g/mol. The zero-order valence-electron chi connectivity index (χ0n) is 11.8. The first-order chi connectivity index (χ1) is 9.54. The van der Waals surface area contributed by atoms with Crippen molar-refractivity contribution in [1.82, 2.24) is 4.90 Å². The lowest BCUT2D eigenvalue weighted by atomic mass is 9.93. The number of amides is 1. The van der Waals surface area contributed by atoms with Crippen LogP contribution in [0.15, 0.2) is 35.9 Å². The minimum atomic E-state index is -0.947. The molecule has 1 N–H and O–H groups in total. The summed E-state index contributed by atoms with van der Waals surface area (Å²) in [5.41, 5.74) is 2.65. The molecular formula is C16H19NO3. The zero-order chi connectivity index (χ0) is 14.7. The molecule has 1 aromatic carbocycles. The van der Waals surface area contributed by atoms with E-state index in [1.165, 1.54) is 4.90 Å². The topological polar surface area (TPSA) is 57.6 Å². The molecule has 1 heterocycles. The van der Waals surface area contributed by atoms with Crippen molar-refractivity contribution in [2.45, 2.75) is 39.3 Å². The summed E-state index contributed by atoms with van der Waals surface area (Å²) in [4.78, 5) is 25.3. The van der Waals surface area contributed by atoms with Crippen LogP contribution in [0.4, 0.5) is 0 Å². The number of carbonyl (C=O) groups excluding carboxylic acids is 1. The lowest BCUT2D eigenvalue weighted by Gasteiger charge is -2.34. The maximum absolute atomic E-state index is 12.4. The molecule has 0 fully saturated rings. The van der Waals surface area contributed by atoms with Gasteiger partial charge >= 0.3 is 5.97 Å². The highest BCUT2D eigenvalue weighted by molar-refractivity contribution is 5.95. The number of hydrogen-bond acceptors (Lipinski definition) is 2. The smallest absolute Gasteiger partial charge is 0.326 e. The first kappa shape index (κ1) is 14.3. The number of carboxylic acids is 1. The van der Waals surface area contributed by atoms with Gasteiger partial charge < -0.3 is 10.0 Å². The second-order valence-corrected chi connectivity index (χ2v) is 5.06. The predicted molar refractivity (Wildman–Crippen MR) is 76.2 cm³/mol. The average Bonchev–Trinajstić information content (AvgIpc) is 2.45. The van der Waals surface area contributed by atoms with Crippen LogP contribution < -0.4 is 0 Å². The van der Waals surface area contributed by atoms with Crippen molar-refractivity contribution in [3.63, 3.8) is 0 Å². The van der Waals surface area contributed by atoms with Gasteiger partial charge in [0.1, 0.15) is 6.04 Å². The SMILES string of the molecule is CC/C=C(/C)C(=O)N1Cc2ccccc2CC1C(=O)O. The van der Waals surface area contributed by atoms with Crippen molar-refractivity contribution >= 4 is 11.9 Å². The summed E-state index contributed by atoms with van der Waals surface area (Å²) in [6, 6.07) is 6.92. The number of rotatable bonds is 3. The highest BCUT2D eigenvalue weighted by atomic mass is 16.4. The highest BCUT2D eigenvalue weighted by Gasteiger charge is 2.34. The van der Waals surface area contributed by atoms with E-state index in [4.69, 9.17) is 0 Å². The molecule has 1 unspecified atom stereocenters. The molecule has 4 heteroatoms. The quantitative estimate of drug-likeness (QED) is 0.860. The zero-order valence-corrected chi connectivity index (χ0v) is 11.8. The minimum Gasteiger partial charge on any atom is -0.480 e. The maximum Gasteiger partial charge on any atom is 0.326 e. The molecule has 0 aliphatic carbocycles. The van der Waals surface area contributed by atoms with Gasteiger partial charge in [0, 0.05) is 18.5 Å². The molecule has 0 spiro atoms. The van der Waals surface area contributed by atoms with Gasteiger partial charge in [-0.3, -0.25) is 4.79 Å². The highest BCUT2D eigenvalue weighted by Crippen LogP contribution is 2.24. The number of benzene rings is 1. The molecule has 0 aromatic heterocycles. The summed E-state index contributed by atoms with van der Waals surface area (Å²) >= 11 is 0. The summed E-state index contributed by atoms with van der Waals surface area (Å²) in [6.07, 6.45) is 2.97. The van der Waals surface area contributed by atoms with E-state index < -0.39 is 12.0 Å². The molecular weight excluding hydrogens is 254 g/mol. The second-order valence-electron chi connectivity index (χ2n) is 5.06. The van der Waals surface area contributed by atoms with Gasteiger partial charge in [-0.25, -0.2) is 4.79 Å². The standard InChI is InChI=1S/C16H19NO3/c1-3-6-11(2)15(18)17-10-13-8-5-4-7-12(13)9-14(17)16(19)20/h4-8,14H,3,9-10H2,1-2H3,(H,19,20)/b11-6-. The summed E-state index contributed by atoms with van der Waals surface area (Å²) in [6.45, 7) is 4.06. The van der Waals surface area contributed by atoms with Crippen LogP contribution in [0, 0.1) is 0 Å². The molecule has 4 nitrogen and oxygen atoms in total. The van der Waals surface area contributed by atoms with Gasteiger partial charge in [-0.05, 0) is 24.5 Å². The third kappa shape index (κ3) is 2.74. The molecule has 1 aliphatic rings. The Morgan fingerprint density at radius 1 is 1.35 bits per heavy atom. The van der Waals surface area contributed by atoms with Crippen LogP contribution in [0.1, 0.15) is 31.4 Å². The Bertz CT molecular complexity index is 563. The second kappa shape index (κ2) is 5.90. The lowest BCUT2D eigenvalue weighted by molar-refractivity contribution is -0.149. The molecule has 0 bridgehead atoms. The van der Waals surface area contributed by atoms with Crippen LogP contribution >= 0.6 is 0 Å². The summed E-state index contributed by atoms with van der Waals surface area (Å²) in [5.74, 6) is -1.13. The van der Waals surface area contributed by atoms with Gasteiger partial charge in [0.2, 0.25) is 5.91 Å². The van der Waals surface area contributed by atoms with Gasteiger partial charge in [-0.1, -0.05) is 37.3 Å². The van der Waals surface area contributed by atoms with Crippen LogP contribution in [0.25, 0.3) is 0 Å². The molecule has 0 saturated carbocycles. The molecule has 1 aromatic rings. The van der Waals surface area contributed by atoms with Gasteiger partial charge in [0.05, 0.1) is 0 Å². The van der Waals surface area contributed by atoms with E-state index in [-0.39, 0.29) is 5.91 Å². The van der Waals surface area contributed by atoms with Crippen molar-refractivity contribution < 1.29 is 14.7 Å². The number of aliphatic carboxylic acids is 1. The largest absolute Gasteiger partial charge is 0.480 e. The van der Waals surface area contributed by atoms with Crippen LogP contribution in [0.3, 0.4) is 0 Å². The molecule has 20 heavy (non-hydrogen) atoms. The summed E-state index contributed by atoms with van der Waals surface area (Å²) in [7, 11) is 0. The number of carbonyl (C=O) groups is 2. The van der Waals surface area contributed by atoms with Gasteiger partial charge in [-0.2, -0.15) is 0 Å². The molecule has 1 atom stereocenters. The van der Waals surface area contributed by atoms with E-state index >= 15 is 0 Å². The van der Waals surface area contributed by atoms with Crippen molar-refractivity contribution in [2.75, 3.05) is 0 Å². The van der Waals surface area contributed by atoms with E-state index in [0.29, 0.717) is 18.5 Å². The third-order valence-electron chi connectivity index (χ3n) is 3.64. The number of nitrogens with zero attached hydrogens (tertiary/aromatic N) is 1. The number of carboxylic acid groups (broad SMARTS) is 1. The van der Waals surface area contributed by atoms with Gasteiger partial charge in [-0.15, -0.1) is 0 Å². The van der Waals surface area contributed by atoms with Crippen molar-refractivity contribution in [3.8, 4) is 0 Å². The van der Waals surface area contributed by atoms with Crippen molar-refractivity contribution in [3.05, 3.63) is 47.0 Å². The predicted octanol–water partition coefficient (Wildman–Crippen LogP) is 2.38. The Kier molecular flexibility index (Phi) is 4.23. The summed E-state index contributed by atoms with van der Waals surface area (Å²) in [5, 5.41) is 9.38. The van der Waals surface area contributed by atoms with Crippen molar-refractivity contribution in [2.24, 2.45) is 0 Å². The Hall–Kier alpha value is -2.10. The first-order valence-corrected chi connectivity index (χ1v) is 6.82. The minimum absolute atomic E-state index is 0.186. The Labute approximate surface area is 118 Å². The Balaban J connectivity index is 2.34. The molecule has 0 radical (unpaired) electrons. The normalized spacial score (nSPS) is 18.6. The van der Waals surface area contributed by atoms with E-state index in [1.807, 2.05) is 37.3 Å². The molecule has 1 amide bonds. The first-order valence-electron chi connectivity index (χ1n) is 6.82. The Morgan fingerprint density at radius 3 is 2.60 bits per heavy atom. The van der Waals surface area contributed by atoms with Crippen LogP contribution in [0.2, 0.25) is 0 Å². The lowest BCUT2D eigenvalue weighted by Crippen LogP contribution is -2.48. The fraction of sp³-hybridized carbons (Fsp3) is 0.375. The number of hydrogen-bond donors (Lipinski definition) is 1. The van der Waals surface area contributed by atoms with E-state index in [9.17, 15) is 14.7 Å². The number of fused-ring (bicyclic) bond motifs is 1. The van der Waals surface area contributed by atoms with Gasteiger partial charge in [0.25, 0.3) is 0 Å². The average molecular weight is 273 g/mol. The van der Waals surface area contributed by atoms with E-state index in [0.717, 1.165) is 17.5 Å². The van der Waals surface area contributed by atoms with Crippen molar-refractivity contribution in [1.29, 1.82) is 0 Å². The fourth-order valence-electron chi connectivity index (χ4n) is 2.58. The molecule has 1 aliphatic heterocycles. The van der Waals surface area contributed by atoms with Crippen LogP contribution in [-0.2, 0) is 22.6 Å². The van der Waals surface area contributed by atoms with E-state index in [2.05, 4.69) is 0 Å². The van der Waals surface area contributed by atoms with Crippen LogP contribution in [0.5, 0.6) is 0 Å². The molecule has 106 valence electrons. The Morgan fingerprint density at radius 2 is 2.00 bits per heavy atom. The molecule has 2 rings (SSSR count). The van der Waals surface area contributed by atoms with Gasteiger partial charge in [0.15, 0.2) is 0 Å². The third-order valence-corrected chi connectivity index (χ3v) is 3.64. The fourth-order valence-corrected chi connectivity index (χ4v) is 2.58. The van der Waals surface area contributed by atoms with E-state index in [1.54, 1.807) is 6.92 Å². The van der Waals surface area contributed by atoms with Crippen LogP contribution in [-0.4, -0.2) is 27.9 Å². The molecule has 0 saturated heterocycles. The summed E-state index contributed by atoms with van der Waals surface area (Å²) < 4.78 is 0. The number of allylic oxidation sites excluding steroid dienone is 1. The maximum atomic E-state index is 12.4.